The van der Waals surface area contributed by atoms with Gasteiger partial charge in [-0.2, -0.15) is 0 Å². The lowest BCUT2D eigenvalue weighted by Gasteiger charge is -2.29. The Balaban J connectivity index is 1.86. The number of hydrogen-bond donors (Lipinski definition) is 0. The molecule has 0 aliphatic carbocycles. The van der Waals surface area contributed by atoms with Gasteiger partial charge in [-0.1, -0.05) is 158 Å². The van der Waals surface area contributed by atoms with Gasteiger partial charge in [0.25, 0.3) is 0 Å². The average Bonchev–Trinajstić information content (AvgIpc) is 3.01. The summed E-state index contributed by atoms with van der Waals surface area (Å²) in [4.78, 5) is 0. The topological polar surface area (TPSA) is 24.7 Å². The first-order valence-corrected chi connectivity index (χ1v) is 14.5. The number of allylic oxidation sites excluding steroid dienone is 1. The van der Waals surface area contributed by atoms with Crippen LogP contribution in [0.15, 0.2) is 175 Å². The summed E-state index contributed by atoms with van der Waals surface area (Å²) in [5, 5.41) is 13.4. The Morgan fingerprint density at radius 1 is 0.447 bits per heavy atom. The van der Waals surface area contributed by atoms with E-state index in [1.54, 1.807) is 6.08 Å². The molecule has 0 fully saturated rings. The van der Waals surface area contributed by atoms with E-state index in [9.17, 15) is 0 Å². The molecular formula is C35H29N2P. The first-order chi connectivity index (χ1) is 18.8. The molecule has 0 aromatic heterocycles. The summed E-state index contributed by atoms with van der Waals surface area (Å²) in [6, 6.07) is 52.6. The molecule has 0 aliphatic heterocycles. The van der Waals surface area contributed by atoms with E-state index in [2.05, 4.69) is 116 Å². The molecule has 0 saturated heterocycles. The number of hydrogen-bond acceptors (Lipinski definition) is 2. The van der Waals surface area contributed by atoms with Gasteiger partial charge in [0.05, 0.1) is 11.4 Å². The van der Waals surface area contributed by atoms with Crippen LogP contribution in [-0.2, 0) is 0 Å². The van der Waals surface area contributed by atoms with Crippen LogP contribution in [0.3, 0.4) is 0 Å². The molecule has 0 amide bonds. The maximum atomic E-state index is 4.91. The first kappa shape index (κ1) is 25.1. The van der Waals surface area contributed by atoms with Crippen molar-refractivity contribution in [2.45, 2.75) is 0 Å². The summed E-state index contributed by atoms with van der Waals surface area (Å²) < 4.78 is 0. The van der Waals surface area contributed by atoms with E-state index in [0.29, 0.717) is 0 Å². The van der Waals surface area contributed by atoms with E-state index in [4.69, 9.17) is 10.2 Å². The molecule has 0 spiro atoms. The molecule has 0 unspecified atom stereocenters. The van der Waals surface area contributed by atoms with Crippen molar-refractivity contribution in [2.24, 2.45) is 10.2 Å². The van der Waals surface area contributed by atoms with Crippen LogP contribution in [0.4, 0.5) is 0 Å². The molecule has 184 valence electrons. The second-order valence-electron chi connectivity index (χ2n) is 8.77. The second kappa shape index (κ2) is 12.1. The van der Waals surface area contributed by atoms with Crippen LogP contribution in [0, 0.1) is 0 Å². The van der Waals surface area contributed by atoms with Gasteiger partial charge in [0, 0.05) is 11.1 Å². The zero-order chi connectivity index (χ0) is 26.0. The minimum absolute atomic E-state index is 0.732. The van der Waals surface area contributed by atoms with Crippen molar-refractivity contribution in [3.05, 3.63) is 175 Å². The molecule has 5 aromatic rings. The lowest BCUT2D eigenvalue weighted by atomic mass is 10.1. The Kier molecular flexibility index (Phi) is 8.04. The highest BCUT2D eigenvalue weighted by atomic mass is 31.2. The third-order valence-electron chi connectivity index (χ3n) is 6.40. The Labute approximate surface area is 225 Å². The van der Waals surface area contributed by atoms with E-state index < -0.39 is 6.89 Å². The Hall–Kier alpha value is -4.52. The third-order valence-corrected chi connectivity index (χ3v) is 10.4. The van der Waals surface area contributed by atoms with Crippen LogP contribution >= 0.6 is 6.89 Å². The fraction of sp³-hybridized carbons (Fsp3) is 0. The molecule has 38 heavy (non-hydrogen) atoms. The van der Waals surface area contributed by atoms with E-state index >= 15 is 0 Å². The van der Waals surface area contributed by atoms with Crippen molar-refractivity contribution in [2.75, 3.05) is 0 Å². The van der Waals surface area contributed by atoms with Crippen LogP contribution < -0.4 is 15.9 Å². The predicted octanol–water partition coefficient (Wildman–Crippen LogP) is 6.86. The van der Waals surface area contributed by atoms with Crippen molar-refractivity contribution < 1.29 is 0 Å². The molecule has 0 radical (unpaired) electrons. The summed E-state index contributed by atoms with van der Waals surface area (Å²) in [5.74, 6) is 2.36. The molecule has 5 aromatic carbocycles. The SMILES string of the molecule is C=C/C(=N\N=C(/C=P(c1ccccc1)(c1ccccc1)c1ccccc1)c1ccccc1)c1ccccc1. The van der Waals surface area contributed by atoms with Crippen molar-refractivity contribution in [1.29, 1.82) is 0 Å². The first-order valence-electron chi connectivity index (χ1n) is 12.6. The Morgan fingerprint density at radius 3 is 1.13 bits per heavy atom. The molecule has 2 nitrogen and oxygen atoms in total. The summed E-state index contributed by atoms with van der Waals surface area (Å²) >= 11 is 0. The van der Waals surface area contributed by atoms with Gasteiger partial charge in [0.1, 0.15) is 0 Å². The maximum Gasteiger partial charge on any atom is 0.0939 e. The van der Waals surface area contributed by atoms with Gasteiger partial charge in [-0.25, -0.2) is 0 Å². The highest BCUT2D eigenvalue weighted by Gasteiger charge is 2.26. The van der Waals surface area contributed by atoms with Gasteiger partial charge in [-0.3, -0.25) is 0 Å². The number of nitrogens with zero attached hydrogens (tertiary/aromatic N) is 2. The molecule has 0 saturated carbocycles. The quantitative estimate of drug-likeness (QED) is 0.124. The average molecular weight is 509 g/mol. The van der Waals surface area contributed by atoms with Gasteiger partial charge in [-0.05, 0) is 34.7 Å². The van der Waals surface area contributed by atoms with Gasteiger partial charge in [0.15, 0.2) is 0 Å². The fourth-order valence-electron chi connectivity index (χ4n) is 4.54. The maximum absolute atomic E-state index is 4.91. The summed E-state index contributed by atoms with van der Waals surface area (Å²) in [7, 11) is 0. The molecule has 0 N–H and O–H groups in total. The molecule has 0 heterocycles. The lowest BCUT2D eigenvalue weighted by Crippen LogP contribution is -2.28. The van der Waals surface area contributed by atoms with E-state index in [1.165, 1.54) is 15.9 Å². The molecular weight excluding hydrogens is 479 g/mol. The van der Waals surface area contributed by atoms with Crippen LogP contribution in [0.5, 0.6) is 0 Å². The fourth-order valence-corrected chi connectivity index (χ4v) is 8.38. The third kappa shape index (κ3) is 5.42. The van der Waals surface area contributed by atoms with Crippen LogP contribution in [0.25, 0.3) is 0 Å². The monoisotopic (exact) mass is 508 g/mol. The van der Waals surface area contributed by atoms with Crippen molar-refractivity contribution >= 4 is 40.0 Å². The number of rotatable bonds is 8. The van der Waals surface area contributed by atoms with Crippen LogP contribution in [0.1, 0.15) is 11.1 Å². The Morgan fingerprint density at radius 2 is 0.763 bits per heavy atom. The van der Waals surface area contributed by atoms with Crippen molar-refractivity contribution in [1.82, 2.24) is 0 Å². The van der Waals surface area contributed by atoms with Crippen molar-refractivity contribution in [3.8, 4) is 0 Å². The highest BCUT2D eigenvalue weighted by molar-refractivity contribution is 7.95. The molecule has 3 heteroatoms. The minimum Gasteiger partial charge on any atom is -0.150 e. The largest absolute Gasteiger partial charge is 0.150 e. The summed E-state index contributed by atoms with van der Waals surface area (Å²) in [5.41, 5.74) is 3.55. The second-order valence-corrected chi connectivity index (χ2v) is 12.0. The van der Waals surface area contributed by atoms with E-state index in [1.807, 2.05) is 48.5 Å². The van der Waals surface area contributed by atoms with Gasteiger partial charge < -0.3 is 0 Å². The summed E-state index contributed by atoms with van der Waals surface area (Å²) in [6.07, 6.45) is 1.76. The molecule has 0 aliphatic rings. The number of benzene rings is 5. The standard InChI is InChI=1S/C35H29N2P/c1-2-34(29-18-8-3-9-19-29)36-37-35(30-20-10-4-11-21-30)28-38(31-22-12-5-13-23-31,32-24-14-6-15-25-32)33-26-16-7-17-27-33/h2-28H,1H2/b36-34+,37-35+. The highest BCUT2D eigenvalue weighted by Crippen LogP contribution is 2.44. The normalized spacial score (nSPS) is 12.1. The zero-order valence-electron chi connectivity index (χ0n) is 21.1. The molecule has 5 rings (SSSR count). The van der Waals surface area contributed by atoms with E-state index in [-0.39, 0.29) is 0 Å². The van der Waals surface area contributed by atoms with E-state index in [0.717, 1.165) is 22.6 Å². The zero-order valence-corrected chi connectivity index (χ0v) is 22.0. The van der Waals surface area contributed by atoms with Gasteiger partial charge >= 0.3 is 0 Å². The van der Waals surface area contributed by atoms with Gasteiger partial charge in [-0.15, -0.1) is 10.2 Å². The van der Waals surface area contributed by atoms with Crippen LogP contribution in [0.2, 0.25) is 0 Å². The minimum atomic E-state index is -2.27. The van der Waals surface area contributed by atoms with Crippen molar-refractivity contribution in [3.63, 3.8) is 0 Å². The smallest absolute Gasteiger partial charge is 0.0939 e. The van der Waals surface area contributed by atoms with Gasteiger partial charge in [0.2, 0.25) is 0 Å². The predicted molar refractivity (Wildman–Crippen MR) is 167 cm³/mol. The lowest BCUT2D eigenvalue weighted by molar-refractivity contribution is 1.24. The Bertz CT molecular complexity index is 1490. The molecule has 0 bridgehead atoms. The van der Waals surface area contributed by atoms with Crippen LogP contribution in [-0.4, -0.2) is 17.2 Å². The summed E-state index contributed by atoms with van der Waals surface area (Å²) in [6.45, 7) is 1.74. The molecule has 0 atom stereocenters.